The number of imidazole rings is 1. The van der Waals surface area contributed by atoms with Gasteiger partial charge in [-0.25, -0.2) is 4.98 Å². The summed E-state index contributed by atoms with van der Waals surface area (Å²) in [6.07, 6.45) is 4.18. The van der Waals surface area contributed by atoms with Crippen LogP contribution in [-0.2, 0) is 25.9 Å². The van der Waals surface area contributed by atoms with Crippen LogP contribution in [0, 0.1) is 5.92 Å². The van der Waals surface area contributed by atoms with E-state index in [0.29, 0.717) is 42.5 Å². The van der Waals surface area contributed by atoms with Gasteiger partial charge >= 0.3 is 0 Å². The van der Waals surface area contributed by atoms with Gasteiger partial charge in [-0.15, -0.1) is 0 Å². The number of halogens is 1. The molecule has 0 radical (unpaired) electrons. The molecule has 0 saturated carbocycles. The number of hydrogen-bond donors (Lipinski definition) is 0. The summed E-state index contributed by atoms with van der Waals surface area (Å²) in [6, 6.07) is 9.33. The van der Waals surface area contributed by atoms with Crippen LogP contribution in [0.25, 0.3) is 0 Å². The predicted octanol–water partition coefficient (Wildman–Crippen LogP) is 5.81. The van der Waals surface area contributed by atoms with Crippen LogP contribution >= 0.6 is 11.6 Å². The minimum atomic E-state index is -0.156. The number of pyridine rings is 1. The molecule has 0 aliphatic heterocycles. The van der Waals surface area contributed by atoms with E-state index in [2.05, 4.69) is 37.2 Å². The van der Waals surface area contributed by atoms with Crippen LogP contribution in [-0.4, -0.2) is 46.1 Å². The summed E-state index contributed by atoms with van der Waals surface area (Å²) in [5.41, 5.74) is 3.55. The first-order chi connectivity index (χ1) is 17.3. The Morgan fingerprint density at radius 1 is 1.14 bits per heavy atom. The van der Waals surface area contributed by atoms with Crippen LogP contribution in [0.3, 0.4) is 0 Å². The van der Waals surface area contributed by atoms with Crippen molar-refractivity contribution in [1.29, 1.82) is 0 Å². The third kappa shape index (κ3) is 6.19. The molecular formula is C28H37ClN4O3. The number of carbonyl (C=O) groups excluding carboxylic acids is 1. The molecule has 7 nitrogen and oxygen atoms in total. The second kappa shape index (κ2) is 12.8. The molecule has 194 valence electrons. The average Bonchev–Trinajstić information content (AvgIpc) is 3.21. The molecule has 1 aromatic carbocycles. The Morgan fingerprint density at radius 2 is 1.92 bits per heavy atom. The van der Waals surface area contributed by atoms with E-state index in [9.17, 15) is 4.79 Å². The zero-order chi connectivity index (χ0) is 26.2. The summed E-state index contributed by atoms with van der Waals surface area (Å²) < 4.78 is 13.0. The van der Waals surface area contributed by atoms with Gasteiger partial charge in [0.05, 0.1) is 37.0 Å². The van der Waals surface area contributed by atoms with Crippen molar-refractivity contribution in [3.05, 3.63) is 70.0 Å². The van der Waals surface area contributed by atoms with Crippen LogP contribution in [0.2, 0.25) is 5.02 Å². The molecule has 0 saturated heterocycles. The Kier molecular flexibility index (Phi) is 9.76. The molecule has 2 aromatic heterocycles. The lowest BCUT2D eigenvalue weighted by molar-refractivity contribution is 0.0729. The topological polar surface area (TPSA) is 69.5 Å². The van der Waals surface area contributed by atoms with Crippen LogP contribution in [0.1, 0.15) is 67.4 Å². The van der Waals surface area contributed by atoms with Crippen LogP contribution in [0.4, 0.5) is 0 Å². The lowest BCUT2D eigenvalue weighted by atomic mass is 10.1. The number of rotatable bonds is 12. The molecule has 3 aromatic rings. The molecule has 8 heteroatoms. The van der Waals surface area contributed by atoms with Crippen LogP contribution in [0.5, 0.6) is 11.5 Å². The highest BCUT2D eigenvalue weighted by Gasteiger charge is 2.25. The number of carbonyl (C=O) groups is 1. The van der Waals surface area contributed by atoms with E-state index in [-0.39, 0.29) is 10.9 Å². The average molecular weight is 513 g/mol. The van der Waals surface area contributed by atoms with Crippen molar-refractivity contribution >= 4 is 17.5 Å². The first-order valence-corrected chi connectivity index (χ1v) is 12.9. The molecular weight excluding hydrogens is 476 g/mol. The molecule has 36 heavy (non-hydrogen) atoms. The number of benzene rings is 1. The maximum atomic E-state index is 13.8. The first-order valence-electron chi connectivity index (χ1n) is 12.5. The molecule has 0 fully saturated rings. The minimum Gasteiger partial charge on any atom is -0.493 e. The summed E-state index contributed by atoms with van der Waals surface area (Å²) in [6.45, 7) is 10.3. The van der Waals surface area contributed by atoms with Gasteiger partial charge in [0, 0.05) is 37.1 Å². The number of hydrogen-bond acceptors (Lipinski definition) is 5. The molecule has 0 bridgehead atoms. The number of amides is 1. The number of aromatic nitrogens is 3. The highest BCUT2D eigenvalue weighted by molar-refractivity contribution is 6.35. The lowest BCUT2D eigenvalue weighted by Crippen LogP contribution is -2.33. The second-order valence-corrected chi connectivity index (χ2v) is 9.47. The van der Waals surface area contributed by atoms with Crippen molar-refractivity contribution in [2.24, 2.45) is 5.92 Å². The largest absolute Gasteiger partial charge is 0.493 e. The van der Waals surface area contributed by atoms with E-state index in [1.54, 1.807) is 25.4 Å². The Bertz CT molecular complexity index is 1160. The van der Waals surface area contributed by atoms with Gasteiger partial charge in [0.25, 0.3) is 5.91 Å². The van der Waals surface area contributed by atoms with Crippen molar-refractivity contribution in [1.82, 2.24) is 19.4 Å². The molecule has 0 atom stereocenters. The number of methoxy groups -OCH3 is 2. The van der Waals surface area contributed by atoms with Gasteiger partial charge in [-0.2, -0.15) is 0 Å². The fourth-order valence-corrected chi connectivity index (χ4v) is 4.67. The van der Waals surface area contributed by atoms with Gasteiger partial charge in [0.2, 0.25) is 0 Å². The van der Waals surface area contributed by atoms with Gasteiger partial charge in [0.1, 0.15) is 5.82 Å². The summed E-state index contributed by atoms with van der Waals surface area (Å²) >= 11 is 6.62. The zero-order valence-electron chi connectivity index (χ0n) is 22.2. The van der Waals surface area contributed by atoms with E-state index in [1.165, 1.54) is 12.8 Å². The van der Waals surface area contributed by atoms with Gasteiger partial charge in [-0.3, -0.25) is 9.78 Å². The normalized spacial score (nSPS) is 11.1. The van der Waals surface area contributed by atoms with Gasteiger partial charge < -0.3 is 18.9 Å². The molecule has 0 unspecified atom stereocenters. The fraction of sp³-hybridized carbons (Fsp3) is 0.464. The maximum absolute atomic E-state index is 13.8. The minimum absolute atomic E-state index is 0.156. The molecule has 0 aliphatic carbocycles. The molecule has 0 N–H and O–H groups in total. The Balaban J connectivity index is 1.99. The fourth-order valence-electron chi connectivity index (χ4n) is 4.36. The quantitative estimate of drug-likeness (QED) is 0.306. The molecule has 1 amide bonds. The summed E-state index contributed by atoms with van der Waals surface area (Å²) in [5.74, 6) is 2.00. The highest BCUT2D eigenvalue weighted by atomic mass is 35.5. The summed E-state index contributed by atoms with van der Waals surface area (Å²) in [7, 11) is 3.06. The maximum Gasteiger partial charge on any atom is 0.255 e. The number of nitrogens with zero attached hydrogens (tertiary/aromatic N) is 4. The summed E-state index contributed by atoms with van der Waals surface area (Å²) in [5, 5.41) is 0.250. The van der Waals surface area contributed by atoms with Crippen molar-refractivity contribution in [2.75, 3.05) is 20.8 Å². The lowest BCUT2D eigenvalue weighted by Gasteiger charge is -2.25. The third-order valence-corrected chi connectivity index (χ3v) is 6.65. The summed E-state index contributed by atoms with van der Waals surface area (Å²) in [4.78, 5) is 25.1. The Hall–Kier alpha value is -3.06. The van der Waals surface area contributed by atoms with E-state index in [4.69, 9.17) is 26.1 Å². The zero-order valence-corrected chi connectivity index (χ0v) is 22.9. The van der Waals surface area contributed by atoms with Gasteiger partial charge in [-0.05, 0) is 49.9 Å². The number of ether oxygens (including phenoxy) is 2. The molecule has 0 spiro atoms. The van der Waals surface area contributed by atoms with Crippen molar-refractivity contribution in [3.8, 4) is 11.5 Å². The predicted molar refractivity (Wildman–Crippen MR) is 143 cm³/mol. The van der Waals surface area contributed by atoms with Crippen molar-refractivity contribution < 1.29 is 14.3 Å². The standard InChI is InChI=1S/C28H37ClN4O3/c1-7-23-22(17-20-11-9-10-15-30-20)31-25(33(23)8-2)18-32(16-14-19(3)4)28(34)21-12-13-24(35-5)27(36-6)26(21)29/h9-13,15,19H,7-8,14,16-18H2,1-6H3. The monoisotopic (exact) mass is 512 g/mol. The second-order valence-electron chi connectivity index (χ2n) is 9.09. The Morgan fingerprint density at radius 3 is 2.50 bits per heavy atom. The van der Waals surface area contributed by atoms with E-state index < -0.39 is 0 Å². The molecule has 2 heterocycles. The highest BCUT2D eigenvalue weighted by Crippen LogP contribution is 2.38. The first kappa shape index (κ1) is 27.5. The third-order valence-electron chi connectivity index (χ3n) is 6.27. The van der Waals surface area contributed by atoms with E-state index in [0.717, 1.165) is 36.6 Å². The van der Waals surface area contributed by atoms with E-state index in [1.807, 2.05) is 23.1 Å². The molecule has 3 rings (SSSR count). The Labute approximate surface area is 219 Å². The smallest absolute Gasteiger partial charge is 0.255 e. The van der Waals surface area contributed by atoms with Crippen molar-refractivity contribution in [3.63, 3.8) is 0 Å². The van der Waals surface area contributed by atoms with Crippen LogP contribution in [0.15, 0.2) is 36.5 Å². The SMILES string of the molecule is CCc1c(Cc2ccccn2)nc(CN(CCC(C)C)C(=O)c2ccc(OC)c(OC)c2Cl)n1CC. The van der Waals surface area contributed by atoms with Crippen molar-refractivity contribution in [2.45, 2.75) is 60.0 Å². The molecule has 0 aliphatic rings. The van der Waals surface area contributed by atoms with Gasteiger partial charge in [0.15, 0.2) is 11.5 Å². The van der Waals surface area contributed by atoms with Crippen LogP contribution < -0.4 is 9.47 Å². The van der Waals surface area contributed by atoms with Gasteiger partial charge in [-0.1, -0.05) is 38.4 Å². The van der Waals surface area contributed by atoms with E-state index >= 15 is 0 Å².